The molecule has 0 N–H and O–H groups in total. The summed E-state index contributed by atoms with van der Waals surface area (Å²) in [5.41, 5.74) is 2.84. The Labute approximate surface area is 112 Å². The van der Waals surface area contributed by atoms with Crippen LogP contribution in [0, 0.1) is 18.3 Å². The van der Waals surface area contributed by atoms with Gasteiger partial charge in [0.2, 0.25) is 0 Å². The first-order chi connectivity index (χ1) is 8.63. The molecule has 0 aliphatic carbocycles. The third kappa shape index (κ3) is 2.39. The van der Waals surface area contributed by atoms with Crippen LogP contribution in [0.3, 0.4) is 0 Å². The van der Waals surface area contributed by atoms with Gasteiger partial charge in [-0.25, -0.2) is 0 Å². The number of benzene rings is 1. The number of thiophene rings is 1. The van der Waals surface area contributed by atoms with Gasteiger partial charge in [-0.2, -0.15) is 5.26 Å². The lowest BCUT2D eigenvalue weighted by Crippen LogP contribution is -2.21. The van der Waals surface area contributed by atoms with Crippen molar-refractivity contribution in [3.63, 3.8) is 0 Å². The largest absolute Gasteiger partial charge is 0.366 e. The third-order valence-corrected chi connectivity index (χ3v) is 4.23. The Hall–Kier alpha value is -1.79. The van der Waals surface area contributed by atoms with Crippen LogP contribution in [0.1, 0.15) is 29.0 Å². The number of nitriles is 1. The Bertz CT molecular complexity index is 567. The molecule has 0 amide bonds. The zero-order valence-corrected chi connectivity index (χ0v) is 11.7. The highest BCUT2D eigenvalue weighted by Gasteiger charge is 2.16. The summed E-state index contributed by atoms with van der Waals surface area (Å²) >= 11 is 1.75. The molecule has 0 saturated carbocycles. The second kappa shape index (κ2) is 5.24. The third-order valence-electron chi connectivity index (χ3n) is 3.19. The average Bonchev–Trinajstić information content (AvgIpc) is 2.90. The van der Waals surface area contributed by atoms with E-state index in [2.05, 4.69) is 35.4 Å². The fourth-order valence-corrected chi connectivity index (χ4v) is 2.80. The molecule has 3 heteroatoms. The summed E-state index contributed by atoms with van der Waals surface area (Å²) in [5.74, 6) is 0. The number of aryl methyl sites for hydroxylation is 1. The van der Waals surface area contributed by atoms with Gasteiger partial charge in [0.1, 0.15) is 6.07 Å². The van der Waals surface area contributed by atoms with Gasteiger partial charge in [0.15, 0.2) is 0 Å². The molecule has 0 bridgehead atoms. The van der Waals surface area contributed by atoms with Crippen LogP contribution in [0.2, 0.25) is 0 Å². The van der Waals surface area contributed by atoms with E-state index in [9.17, 15) is 5.26 Å². The summed E-state index contributed by atoms with van der Waals surface area (Å²) in [6.07, 6.45) is 0. The van der Waals surface area contributed by atoms with Crippen LogP contribution >= 0.6 is 11.3 Å². The van der Waals surface area contributed by atoms with Crippen molar-refractivity contribution in [3.05, 3.63) is 51.7 Å². The predicted octanol–water partition coefficient (Wildman–Crippen LogP) is 4.13. The number of hydrogen-bond acceptors (Lipinski definition) is 3. The molecule has 18 heavy (non-hydrogen) atoms. The van der Waals surface area contributed by atoms with Crippen LogP contribution < -0.4 is 4.90 Å². The van der Waals surface area contributed by atoms with Gasteiger partial charge in [-0.05, 0) is 43.0 Å². The van der Waals surface area contributed by atoms with Crippen LogP contribution in [0.15, 0.2) is 35.7 Å². The fraction of sp³-hybridized carbons (Fsp3) is 0.267. The van der Waals surface area contributed by atoms with Crippen LogP contribution in [0.25, 0.3) is 0 Å². The lowest BCUT2D eigenvalue weighted by atomic mass is 10.1. The van der Waals surface area contributed by atoms with Gasteiger partial charge < -0.3 is 4.90 Å². The molecule has 1 unspecified atom stereocenters. The molecule has 1 aromatic carbocycles. The lowest BCUT2D eigenvalue weighted by molar-refractivity contribution is 0.753. The molecule has 2 aromatic rings. The van der Waals surface area contributed by atoms with Crippen molar-refractivity contribution < 1.29 is 0 Å². The summed E-state index contributed by atoms with van der Waals surface area (Å²) in [6.45, 7) is 4.17. The topological polar surface area (TPSA) is 27.0 Å². The van der Waals surface area contributed by atoms with E-state index in [1.54, 1.807) is 11.3 Å². The van der Waals surface area contributed by atoms with Crippen LogP contribution in [0.4, 0.5) is 5.69 Å². The predicted molar refractivity (Wildman–Crippen MR) is 77.0 cm³/mol. The minimum absolute atomic E-state index is 0.278. The quantitative estimate of drug-likeness (QED) is 0.825. The molecule has 0 fully saturated rings. The van der Waals surface area contributed by atoms with E-state index in [0.717, 1.165) is 16.8 Å². The summed E-state index contributed by atoms with van der Waals surface area (Å²) < 4.78 is 0. The maximum atomic E-state index is 9.23. The average molecular weight is 256 g/mol. The fourth-order valence-electron chi connectivity index (χ4n) is 1.98. The van der Waals surface area contributed by atoms with Gasteiger partial charge in [-0.1, -0.05) is 12.1 Å². The molecule has 0 saturated heterocycles. The molecule has 0 radical (unpaired) electrons. The lowest BCUT2D eigenvalue weighted by Gasteiger charge is -2.27. The van der Waals surface area contributed by atoms with Crippen LogP contribution in [0.5, 0.6) is 0 Å². The molecule has 1 atom stereocenters. The van der Waals surface area contributed by atoms with Gasteiger partial charge in [0.25, 0.3) is 0 Å². The summed E-state index contributed by atoms with van der Waals surface area (Å²) in [4.78, 5) is 3.46. The van der Waals surface area contributed by atoms with E-state index in [4.69, 9.17) is 0 Å². The Kier molecular flexibility index (Phi) is 3.69. The molecule has 0 spiro atoms. The highest BCUT2D eigenvalue weighted by molar-refractivity contribution is 7.10. The van der Waals surface area contributed by atoms with Gasteiger partial charge >= 0.3 is 0 Å². The van der Waals surface area contributed by atoms with Gasteiger partial charge in [-0.15, -0.1) is 11.3 Å². The highest BCUT2D eigenvalue weighted by Crippen LogP contribution is 2.30. The van der Waals surface area contributed by atoms with Crippen molar-refractivity contribution >= 4 is 17.0 Å². The first-order valence-electron chi connectivity index (χ1n) is 5.90. The van der Waals surface area contributed by atoms with Crippen LogP contribution in [-0.4, -0.2) is 7.05 Å². The Morgan fingerprint density at radius 1 is 1.33 bits per heavy atom. The van der Waals surface area contributed by atoms with E-state index < -0.39 is 0 Å². The number of anilines is 1. The zero-order chi connectivity index (χ0) is 13.1. The van der Waals surface area contributed by atoms with E-state index >= 15 is 0 Å². The van der Waals surface area contributed by atoms with Gasteiger partial charge in [0.05, 0.1) is 17.3 Å². The van der Waals surface area contributed by atoms with Gasteiger partial charge in [-0.3, -0.25) is 0 Å². The molecular formula is C15H16N2S. The summed E-state index contributed by atoms with van der Waals surface area (Å²) in [5, 5.41) is 11.3. The highest BCUT2D eigenvalue weighted by atomic mass is 32.1. The molecule has 0 aliphatic rings. The maximum absolute atomic E-state index is 9.23. The smallest absolute Gasteiger partial charge is 0.101 e. The number of hydrogen-bond donors (Lipinski definition) is 0. The van der Waals surface area contributed by atoms with E-state index in [0.29, 0.717) is 0 Å². The van der Waals surface area contributed by atoms with Gasteiger partial charge in [0, 0.05) is 11.9 Å². The second-order valence-electron chi connectivity index (χ2n) is 4.43. The Balaban J connectivity index is 2.34. The van der Waals surface area contributed by atoms with Crippen molar-refractivity contribution in [1.29, 1.82) is 5.26 Å². The van der Waals surface area contributed by atoms with E-state index in [-0.39, 0.29) is 6.04 Å². The van der Waals surface area contributed by atoms with E-state index in [1.165, 1.54) is 4.88 Å². The molecule has 2 nitrogen and oxygen atoms in total. The molecule has 1 aromatic heterocycles. The SMILES string of the molecule is Cc1ccc(N(C)C(C)c2cccs2)c(C#N)c1. The first kappa shape index (κ1) is 12.7. The molecule has 92 valence electrons. The van der Waals surface area contributed by atoms with E-state index in [1.807, 2.05) is 32.2 Å². The molecular weight excluding hydrogens is 240 g/mol. The molecule has 0 aliphatic heterocycles. The zero-order valence-electron chi connectivity index (χ0n) is 10.8. The Morgan fingerprint density at radius 2 is 2.11 bits per heavy atom. The van der Waals surface area contributed by atoms with Crippen LogP contribution in [-0.2, 0) is 0 Å². The van der Waals surface area contributed by atoms with Crippen molar-refractivity contribution in [2.24, 2.45) is 0 Å². The number of rotatable bonds is 3. The second-order valence-corrected chi connectivity index (χ2v) is 5.41. The summed E-state index contributed by atoms with van der Waals surface area (Å²) in [7, 11) is 2.04. The standard InChI is InChI=1S/C15H16N2S/c1-11-6-7-14(13(9-11)10-16)17(3)12(2)15-5-4-8-18-15/h4-9,12H,1-3H3. The summed E-state index contributed by atoms with van der Waals surface area (Å²) in [6, 6.07) is 12.8. The van der Waals surface area contributed by atoms with Crippen molar-refractivity contribution in [1.82, 2.24) is 0 Å². The Morgan fingerprint density at radius 3 is 2.72 bits per heavy atom. The molecule has 1 heterocycles. The monoisotopic (exact) mass is 256 g/mol. The van der Waals surface area contributed by atoms with Crippen molar-refractivity contribution in [2.75, 3.05) is 11.9 Å². The van der Waals surface area contributed by atoms with Crippen molar-refractivity contribution in [2.45, 2.75) is 19.9 Å². The molecule has 2 rings (SSSR count). The minimum Gasteiger partial charge on any atom is -0.366 e. The minimum atomic E-state index is 0.278. The maximum Gasteiger partial charge on any atom is 0.101 e. The first-order valence-corrected chi connectivity index (χ1v) is 6.78. The normalized spacial score (nSPS) is 11.9. The number of nitrogens with zero attached hydrogens (tertiary/aromatic N) is 2. The van der Waals surface area contributed by atoms with Crippen molar-refractivity contribution in [3.8, 4) is 6.07 Å².